The molecule has 2 nitrogen and oxygen atoms in total. The molecule has 3 heteroatoms. The Bertz CT molecular complexity index is 272. The number of carboxylic acid groups (broad SMARTS) is 1. The van der Waals surface area contributed by atoms with E-state index in [0.29, 0.717) is 6.42 Å². The Morgan fingerprint density at radius 2 is 1.93 bits per heavy atom. The van der Waals surface area contributed by atoms with Crippen LogP contribution in [-0.2, 0) is 4.79 Å². The number of benzene rings is 1. The molecule has 1 aromatic rings. The van der Waals surface area contributed by atoms with Gasteiger partial charge in [0.1, 0.15) is 0 Å². The van der Waals surface area contributed by atoms with Crippen molar-refractivity contribution in [3.8, 4) is 0 Å². The molecule has 0 unspecified atom stereocenters. The molecule has 14 heavy (non-hydrogen) atoms. The zero-order chi connectivity index (χ0) is 9.68. The van der Waals surface area contributed by atoms with Crippen LogP contribution in [0.3, 0.4) is 0 Å². The molecule has 0 heterocycles. The first-order valence-electron chi connectivity index (χ1n) is 4.51. The molecular formula is C11H13NaO2. The third-order valence-electron chi connectivity index (χ3n) is 2.06. The molecule has 70 valence electrons. The Labute approximate surface area is 107 Å². The SMILES string of the molecule is CCC[C@H](C(=O)[O-])c1ccccc1.[Na+]. The molecule has 1 rings (SSSR count). The van der Waals surface area contributed by atoms with E-state index in [9.17, 15) is 9.90 Å². The maximum absolute atomic E-state index is 10.8. The second-order valence-corrected chi connectivity index (χ2v) is 3.07. The molecule has 0 amide bonds. The minimum atomic E-state index is -0.979. The molecular weight excluding hydrogens is 187 g/mol. The van der Waals surface area contributed by atoms with Crippen LogP contribution in [0.5, 0.6) is 0 Å². The van der Waals surface area contributed by atoms with Crippen LogP contribution in [0.4, 0.5) is 0 Å². The number of carboxylic acids is 1. The van der Waals surface area contributed by atoms with Gasteiger partial charge in [0, 0.05) is 11.9 Å². The fraction of sp³-hybridized carbons (Fsp3) is 0.364. The van der Waals surface area contributed by atoms with Crippen molar-refractivity contribution in [2.75, 3.05) is 0 Å². The molecule has 0 aromatic heterocycles. The molecule has 0 bridgehead atoms. The van der Waals surface area contributed by atoms with Crippen molar-refractivity contribution >= 4 is 5.97 Å². The smallest absolute Gasteiger partial charge is 0.549 e. The van der Waals surface area contributed by atoms with Gasteiger partial charge in [-0.1, -0.05) is 43.7 Å². The fourth-order valence-electron chi connectivity index (χ4n) is 1.39. The third kappa shape index (κ3) is 3.82. The van der Waals surface area contributed by atoms with Gasteiger partial charge in [-0.3, -0.25) is 0 Å². The predicted octanol–water partition coefficient (Wildman–Crippen LogP) is -1.68. The van der Waals surface area contributed by atoms with Crippen LogP contribution in [0.2, 0.25) is 0 Å². The van der Waals surface area contributed by atoms with Gasteiger partial charge in [0.15, 0.2) is 0 Å². The van der Waals surface area contributed by atoms with E-state index in [0.717, 1.165) is 12.0 Å². The number of carbonyl (C=O) groups is 1. The predicted molar refractivity (Wildman–Crippen MR) is 49.1 cm³/mol. The van der Waals surface area contributed by atoms with Gasteiger partial charge in [-0.25, -0.2) is 0 Å². The molecule has 1 atom stereocenters. The number of carbonyl (C=O) groups excluding carboxylic acids is 1. The van der Waals surface area contributed by atoms with E-state index < -0.39 is 11.9 Å². The van der Waals surface area contributed by atoms with Gasteiger partial charge in [-0.05, 0) is 12.0 Å². The molecule has 0 saturated heterocycles. The van der Waals surface area contributed by atoms with Crippen molar-refractivity contribution in [1.82, 2.24) is 0 Å². The van der Waals surface area contributed by atoms with E-state index >= 15 is 0 Å². The van der Waals surface area contributed by atoms with Crippen LogP contribution in [0.1, 0.15) is 31.2 Å². The summed E-state index contributed by atoms with van der Waals surface area (Å²) in [7, 11) is 0. The summed E-state index contributed by atoms with van der Waals surface area (Å²) in [6.07, 6.45) is 1.50. The second-order valence-electron chi connectivity index (χ2n) is 3.07. The van der Waals surface area contributed by atoms with Crippen molar-refractivity contribution in [1.29, 1.82) is 0 Å². The first-order chi connectivity index (χ1) is 6.25. The first-order valence-corrected chi connectivity index (χ1v) is 4.51. The Morgan fingerprint density at radius 3 is 2.36 bits per heavy atom. The summed E-state index contributed by atoms with van der Waals surface area (Å²) in [4.78, 5) is 10.8. The van der Waals surface area contributed by atoms with Gasteiger partial charge in [0.05, 0.1) is 0 Å². The standard InChI is InChI=1S/C11H14O2.Na/c1-2-6-10(11(12)13)9-7-4-3-5-8-9;/h3-5,7-8,10H,2,6H2,1H3,(H,12,13);/q;+1/p-1/t10-;/m0./s1. The summed E-state index contributed by atoms with van der Waals surface area (Å²) in [6.45, 7) is 1.97. The van der Waals surface area contributed by atoms with Gasteiger partial charge in [0.2, 0.25) is 0 Å². The zero-order valence-corrected chi connectivity index (χ0v) is 10.7. The van der Waals surface area contributed by atoms with Crippen LogP contribution in [0.25, 0.3) is 0 Å². The molecule has 0 fully saturated rings. The fourth-order valence-corrected chi connectivity index (χ4v) is 1.39. The van der Waals surface area contributed by atoms with Crippen LogP contribution in [0, 0.1) is 0 Å². The summed E-state index contributed by atoms with van der Waals surface area (Å²) in [5.41, 5.74) is 0.837. The summed E-state index contributed by atoms with van der Waals surface area (Å²) in [5, 5.41) is 10.8. The van der Waals surface area contributed by atoms with Crippen LogP contribution >= 0.6 is 0 Å². The first kappa shape index (κ1) is 13.7. The van der Waals surface area contributed by atoms with Crippen molar-refractivity contribution in [3.63, 3.8) is 0 Å². The molecule has 0 saturated carbocycles. The molecule has 0 N–H and O–H groups in total. The van der Waals surface area contributed by atoms with E-state index in [-0.39, 0.29) is 29.6 Å². The topological polar surface area (TPSA) is 40.1 Å². The van der Waals surface area contributed by atoms with Crippen LogP contribution in [0.15, 0.2) is 30.3 Å². The Balaban J connectivity index is 0.00000169. The van der Waals surface area contributed by atoms with Gasteiger partial charge >= 0.3 is 29.6 Å². The summed E-state index contributed by atoms with van der Waals surface area (Å²) in [6, 6.07) is 9.23. The molecule has 0 aliphatic heterocycles. The minimum absolute atomic E-state index is 0. The van der Waals surface area contributed by atoms with Gasteiger partial charge in [-0.15, -0.1) is 0 Å². The normalized spacial score (nSPS) is 11.5. The zero-order valence-electron chi connectivity index (χ0n) is 8.69. The Hall–Kier alpha value is -0.310. The average Bonchev–Trinajstić information content (AvgIpc) is 2.15. The summed E-state index contributed by atoms with van der Waals surface area (Å²) >= 11 is 0. The van der Waals surface area contributed by atoms with Gasteiger partial charge < -0.3 is 9.90 Å². The van der Waals surface area contributed by atoms with E-state index in [2.05, 4.69) is 0 Å². The van der Waals surface area contributed by atoms with E-state index in [4.69, 9.17) is 0 Å². The maximum Gasteiger partial charge on any atom is 1.00 e. The van der Waals surface area contributed by atoms with E-state index in [1.165, 1.54) is 0 Å². The Kier molecular flexibility index (Phi) is 6.89. The molecule has 0 spiro atoms. The Morgan fingerprint density at radius 1 is 1.36 bits per heavy atom. The molecule has 0 aliphatic rings. The monoisotopic (exact) mass is 200 g/mol. The van der Waals surface area contributed by atoms with Crippen molar-refractivity contribution in [2.24, 2.45) is 0 Å². The van der Waals surface area contributed by atoms with E-state index in [1.54, 1.807) is 0 Å². The largest absolute Gasteiger partial charge is 1.00 e. The summed E-state index contributed by atoms with van der Waals surface area (Å²) < 4.78 is 0. The number of hydrogen-bond donors (Lipinski definition) is 0. The molecule has 0 radical (unpaired) electrons. The van der Waals surface area contributed by atoms with Crippen molar-refractivity contribution in [3.05, 3.63) is 35.9 Å². The molecule has 0 aliphatic carbocycles. The van der Waals surface area contributed by atoms with Gasteiger partial charge in [0.25, 0.3) is 0 Å². The minimum Gasteiger partial charge on any atom is -0.549 e. The van der Waals surface area contributed by atoms with Crippen molar-refractivity contribution in [2.45, 2.75) is 25.7 Å². The summed E-state index contributed by atoms with van der Waals surface area (Å²) in [5.74, 6) is -1.43. The average molecular weight is 200 g/mol. The third-order valence-corrected chi connectivity index (χ3v) is 2.06. The van der Waals surface area contributed by atoms with E-state index in [1.807, 2.05) is 37.3 Å². The van der Waals surface area contributed by atoms with Crippen LogP contribution < -0.4 is 34.7 Å². The second kappa shape index (κ2) is 7.04. The van der Waals surface area contributed by atoms with Crippen molar-refractivity contribution < 1.29 is 39.5 Å². The quantitative estimate of drug-likeness (QED) is 0.545. The number of rotatable bonds is 4. The maximum atomic E-state index is 10.8. The van der Waals surface area contributed by atoms with Crippen LogP contribution in [-0.4, -0.2) is 5.97 Å². The number of aliphatic carboxylic acids is 1. The molecule has 1 aromatic carbocycles. The number of hydrogen-bond acceptors (Lipinski definition) is 2. The van der Waals surface area contributed by atoms with Gasteiger partial charge in [-0.2, -0.15) is 0 Å².